The van der Waals surface area contributed by atoms with Crippen LogP contribution in [0.15, 0.2) is 0 Å². The van der Waals surface area contributed by atoms with Crippen molar-refractivity contribution in [3.63, 3.8) is 0 Å². The highest BCUT2D eigenvalue weighted by molar-refractivity contribution is 7.10. The van der Waals surface area contributed by atoms with E-state index in [1.807, 2.05) is 0 Å². The molecule has 1 atom stereocenters. The molecule has 0 spiro atoms. The van der Waals surface area contributed by atoms with Gasteiger partial charge in [-0.1, -0.05) is 11.3 Å². The third-order valence-electron chi connectivity index (χ3n) is 3.41. The van der Waals surface area contributed by atoms with Crippen LogP contribution in [0.25, 0.3) is 0 Å². The summed E-state index contributed by atoms with van der Waals surface area (Å²) in [4.78, 5) is -3.18. The van der Waals surface area contributed by atoms with Crippen molar-refractivity contribution in [2.75, 3.05) is 0 Å². The molecule has 30 heavy (non-hydrogen) atoms. The molecule has 1 nitrogen and oxygen atoms in total. The number of thiophene rings is 1. The van der Waals surface area contributed by atoms with Crippen molar-refractivity contribution >= 4 is 11.3 Å². The van der Waals surface area contributed by atoms with Gasteiger partial charge in [-0.2, -0.15) is 70.2 Å². The highest BCUT2D eigenvalue weighted by Crippen LogP contribution is 2.63. The van der Waals surface area contributed by atoms with Gasteiger partial charge in [0, 0.05) is 0 Å². The van der Waals surface area contributed by atoms with Crippen LogP contribution in [0.2, 0.25) is 0 Å². The van der Waals surface area contributed by atoms with Gasteiger partial charge in [0.1, 0.15) is 4.88 Å². The third kappa shape index (κ3) is 3.10. The molecule has 1 rings (SSSR count). The minimum atomic E-state index is -8.49. The zero-order valence-electron chi connectivity index (χ0n) is 12.8. The molecule has 1 aromatic heterocycles. The molecule has 0 aromatic carbocycles. The van der Waals surface area contributed by atoms with Crippen molar-refractivity contribution in [2.24, 2.45) is 0 Å². The minimum absolute atomic E-state index is 1.60. The van der Waals surface area contributed by atoms with Crippen molar-refractivity contribution in [1.82, 2.24) is 0 Å². The van der Waals surface area contributed by atoms with Gasteiger partial charge in [0.15, 0.2) is 5.82 Å². The zero-order valence-corrected chi connectivity index (χ0v) is 13.6. The molecule has 0 aliphatic carbocycles. The molecule has 0 radical (unpaired) electrons. The Morgan fingerprint density at radius 3 is 1.13 bits per heavy atom. The molecule has 0 fully saturated rings. The molecule has 19 heteroatoms. The first-order valence-electron chi connectivity index (χ1n) is 6.34. The van der Waals surface area contributed by atoms with Gasteiger partial charge in [-0.3, -0.25) is 0 Å². The summed E-state index contributed by atoms with van der Waals surface area (Å²) in [5.41, 5.74) is 0. The van der Waals surface area contributed by atoms with Crippen molar-refractivity contribution in [1.29, 1.82) is 0 Å². The second-order valence-electron chi connectivity index (χ2n) is 5.32. The molecule has 0 bridgehead atoms. The van der Waals surface area contributed by atoms with Crippen LogP contribution in [0.5, 0.6) is 0 Å². The van der Waals surface area contributed by atoms with E-state index in [1.165, 1.54) is 0 Å². The summed E-state index contributed by atoms with van der Waals surface area (Å²) in [5.74, 6) is -54.1. The average molecular weight is 504 g/mol. The Labute approximate surface area is 155 Å². The Balaban J connectivity index is 3.72. The standard InChI is InChI=1S/C11HF17OS/c12-1-2(13)4(14)30-3(1)5(15,29)6(16,17)7(18,19)8(20,21)9(22,23)10(24,25)11(26,27)28/h29H. The van der Waals surface area contributed by atoms with Crippen LogP contribution in [0, 0.1) is 16.8 Å². The number of hydrogen-bond donors (Lipinski definition) is 1. The highest BCUT2D eigenvalue weighted by Gasteiger charge is 2.93. The van der Waals surface area contributed by atoms with Gasteiger partial charge < -0.3 is 5.11 Å². The Bertz CT molecular complexity index is 803. The van der Waals surface area contributed by atoms with E-state index in [9.17, 15) is 74.6 Å². The lowest BCUT2D eigenvalue weighted by Crippen LogP contribution is -2.72. The topological polar surface area (TPSA) is 20.2 Å². The van der Waals surface area contributed by atoms with Crippen LogP contribution >= 0.6 is 11.3 Å². The molecule has 1 N–H and O–H groups in total. The van der Waals surface area contributed by atoms with Crippen LogP contribution in [0.4, 0.5) is 74.6 Å². The van der Waals surface area contributed by atoms with E-state index in [0.29, 0.717) is 0 Å². The van der Waals surface area contributed by atoms with Crippen molar-refractivity contribution in [3.05, 3.63) is 21.6 Å². The number of aliphatic hydroxyl groups is 1. The first-order chi connectivity index (χ1) is 12.8. The van der Waals surface area contributed by atoms with E-state index in [0.717, 1.165) is 0 Å². The first-order valence-corrected chi connectivity index (χ1v) is 7.16. The van der Waals surface area contributed by atoms with E-state index in [4.69, 9.17) is 5.11 Å². The molecule has 0 amide bonds. The van der Waals surface area contributed by atoms with Crippen LogP contribution in [0.1, 0.15) is 4.88 Å². The van der Waals surface area contributed by atoms with Gasteiger partial charge in [-0.05, 0) is 0 Å². The van der Waals surface area contributed by atoms with Crippen molar-refractivity contribution in [2.45, 2.75) is 41.6 Å². The van der Waals surface area contributed by atoms with Gasteiger partial charge in [-0.15, -0.1) is 0 Å². The lowest BCUT2D eigenvalue weighted by atomic mass is 9.90. The van der Waals surface area contributed by atoms with E-state index < -0.39 is 74.6 Å². The second kappa shape index (κ2) is 6.73. The molecule has 1 heterocycles. The van der Waals surface area contributed by atoms with E-state index >= 15 is 0 Å². The summed E-state index contributed by atoms with van der Waals surface area (Å²) >= 11 is -1.60. The maximum Gasteiger partial charge on any atom is 0.460 e. The summed E-state index contributed by atoms with van der Waals surface area (Å²) in [6.07, 6.45) is -7.73. The van der Waals surface area contributed by atoms with Gasteiger partial charge in [-0.25, -0.2) is 4.39 Å². The van der Waals surface area contributed by atoms with Crippen LogP contribution < -0.4 is 0 Å². The Morgan fingerprint density at radius 1 is 0.500 bits per heavy atom. The molecule has 0 saturated heterocycles. The Hall–Kier alpha value is -1.53. The largest absolute Gasteiger partial charge is 0.460 e. The predicted octanol–water partition coefficient (Wildman–Crippen LogP) is 6.02. The molecule has 1 unspecified atom stereocenters. The van der Waals surface area contributed by atoms with Crippen molar-refractivity contribution in [3.8, 4) is 0 Å². The smallest absolute Gasteiger partial charge is 0.353 e. The van der Waals surface area contributed by atoms with E-state index in [1.54, 1.807) is 0 Å². The maximum atomic E-state index is 13.8. The molecule has 1 aromatic rings. The number of halogens is 17. The van der Waals surface area contributed by atoms with Gasteiger partial charge in [0.2, 0.25) is 10.9 Å². The molecule has 0 aliphatic heterocycles. The quantitative estimate of drug-likeness (QED) is 0.471. The van der Waals surface area contributed by atoms with E-state index in [2.05, 4.69) is 0 Å². The molecule has 0 aliphatic rings. The lowest BCUT2D eigenvalue weighted by molar-refractivity contribution is -0.458. The summed E-state index contributed by atoms with van der Waals surface area (Å²) in [5, 5.41) is 6.06. The van der Waals surface area contributed by atoms with Gasteiger partial charge in [0.25, 0.3) is 0 Å². The highest BCUT2D eigenvalue weighted by atomic mass is 32.1. The van der Waals surface area contributed by atoms with Crippen LogP contribution in [-0.4, -0.2) is 40.9 Å². The number of alkyl halides is 14. The predicted molar refractivity (Wildman–Crippen MR) is 60.0 cm³/mol. The van der Waals surface area contributed by atoms with E-state index in [-0.39, 0.29) is 0 Å². The van der Waals surface area contributed by atoms with Gasteiger partial charge >= 0.3 is 41.6 Å². The third-order valence-corrected chi connectivity index (χ3v) is 4.42. The summed E-state index contributed by atoms with van der Waals surface area (Å²) < 4.78 is 220. The maximum absolute atomic E-state index is 13.8. The summed E-state index contributed by atoms with van der Waals surface area (Å²) in [7, 11) is 0. The average Bonchev–Trinajstić information content (AvgIpc) is 2.80. The fraction of sp³-hybridized carbons (Fsp3) is 0.636. The zero-order chi connectivity index (χ0) is 24.5. The molecule has 0 saturated carbocycles. The normalized spacial score (nSPS) is 17.3. The molecular weight excluding hydrogens is 503 g/mol. The number of rotatable bonds is 6. The number of hydrogen-bond acceptors (Lipinski definition) is 2. The lowest BCUT2D eigenvalue weighted by Gasteiger charge is -2.41. The molecular formula is C11HF17OS. The first kappa shape index (κ1) is 26.5. The van der Waals surface area contributed by atoms with Crippen LogP contribution in [-0.2, 0) is 5.85 Å². The molecule has 176 valence electrons. The SMILES string of the molecule is OC(F)(c1sc(F)c(F)c1F)C(F)(F)C(F)(F)C(F)(F)C(F)(F)C(F)(F)C(F)(F)F. The minimum Gasteiger partial charge on any atom is -0.353 e. The fourth-order valence-electron chi connectivity index (χ4n) is 1.70. The van der Waals surface area contributed by atoms with Crippen LogP contribution in [0.3, 0.4) is 0 Å². The summed E-state index contributed by atoms with van der Waals surface area (Å²) in [6.45, 7) is 0. The monoisotopic (exact) mass is 504 g/mol. The van der Waals surface area contributed by atoms with Gasteiger partial charge in [0.05, 0.1) is 0 Å². The second-order valence-corrected chi connectivity index (χ2v) is 6.30. The summed E-state index contributed by atoms with van der Waals surface area (Å²) in [6, 6.07) is 0. The van der Waals surface area contributed by atoms with Crippen molar-refractivity contribution < 1.29 is 79.7 Å². The Morgan fingerprint density at radius 2 is 0.833 bits per heavy atom. The Kier molecular flexibility index (Phi) is 5.95. The fourth-order valence-corrected chi connectivity index (χ4v) is 2.50.